The first-order valence-electron chi connectivity index (χ1n) is 8.31. The Morgan fingerprint density at radius 3 is 3.00 bits per heavy atom. The first kappa shape index (κ1) is 12.0. The van der Waals surface area contributed by atoms with Gasteiger partial charge in [0.05, 0.1) is 24.7 Å². The van der Waals surface area contributed by atoms with Gasteiger partial charge in [-0.2, -0.15) is 0 Å². The molecule has 3 atom stereocenters. The molecule has 1 N–H and O–H groups in total. The number of fused-ring (bicyclic) bond motifs is 3. The molecule has 0 saturated carbocycles. The second kappa shape index (κ2) is 3.61. The number of allylic oxidation sites excluding steroid dienone is 1. The van der Waals surface area contributed by atoms with Crippen LogP contribution in [0.5, 0.6) is 0 Å². The van der Waals surface area contributed by atoms with E-state index in [1.807, 2.05) is 0 Å². The molecule has 3 aliphatic heterocycles. The summed E-state index contributed by atoms with van der Waals surface area (Å²) in [6, 6.07) is 8.87. The van der Waals surface area contributed by atoms with Crippen molar-refractivity contribution < 1.29 is 4.48 Å². The van der Waals surface area contributed by atoms with Crippen molar-refractivity contribution in [2.24, 2.45) is 5.92 Å². The van der Waals surface area contributed by atoms with Gasteiger partial charge in [0.25, 0.3) is 0 Å². The summed E-state index contributed by atoms with van der Waals surface area (Å²) < 4.78 is 1.30. The summed E-state index contributed by atoms with van der Waals surface area (Å²) in [5, 5.41) is 1.46. The van der Waals surface area contributed by atoms with Crippen LogP contribution in [0.3, 0.4) is 0 Å². The van der Waals surface area contributed by atoms with Crippen molar-refractivity contribution in [3.05, 3.63) is 47.2 Å². The van der Waals surface area contributed by atoms with Crippen LogP contribution in [0.25, 0.3) is 10.9 Å². The molecule has 2 heteroatoms. The van der Waals surface area contributed by atoms with Crippen molar-refractivity contribution >= 4 is 10.9 Å². The monoisotopic (exact) mass is 279 g/mol. The number of hydrogen-bond acceptors (Lipinski definition) is 0. The van der Waals surface area contributed by atoms with E-state index in [2.05, 4.69) is 49.2 Å². The molecule has 2 saturated heterocycles. The Labute approximate surface area is 126 Å². The van der Waals surface area contributed by atoms with Crippen molar-refractivity contribution in [1.82, 2.24) is 4.98 Å². The zero-order valence-corrected chi connectivity index (χ0v) is 12.9. The van der Waals surface area contributed by atoms with Crippen LogP contribution in [-0.4, -0.2) is 29.1 Å². The number of para-hydroxylation sites is 1. The third-order valence-electron chi connectivity index (χ3n) is 6.92. The van der Waals surface area contributed by atoms with E-state index in [1.54, 1.807) is 16.8 Å². The fourth-order valence-electron chi connectivity index (χ4n) is 5.81. The zero-order valence-electron chi connectivity index (χ0n) is 12.9. The highest BCUT2D eigenvalue weighted by atomic mass is 15.5. The van der Waals surface area contributed by atoms with Gasteiger partial charge in [0, 0.05) is 23.7 Å². The Morgan fingerprint density at radius 2 is 2.14 bits per heavy atom. The molecular weight excluding hydrogens is 256 g/mol. The van der Waals surface area contributed by atoms with Crippen molar-refractivity contribution in [1.29, 1.82) is 0 Å². The first-order valence-corrected chi connectivity index (χ1v) is 8.31. The SMILES string of the molecule is C/C=C1/C[N+]23CCc4c([nH]c5ccccc45)[C@@]2(C)[C@H]1CC3. The van der Waals surface area contributed by atoms with E-state index in [9.17, 15) is 0 Å². The maximum atomic E-state index is 3.83. The average Bonchev–Trinajstić information content (AvgIpc) is 3.11. The smallest absolute Gasteiger partial charge is 0.144 e. The van der Waals surface area contributed by atoms with Gasteiger partial charge in [0.1, 0.15) is 12.1 Å². The first-order chi connectivity index (χ1) is 10.2. The van der Waals surface area contributed by atoms with E-state index in [4.69, 9.17) is 0 Å². The van der Waals surface area contributed by atoms with Crippen molar-refractivity contribution in [2.45, 2.75) is 32.2 Å². The lowest BCUT2D eigenvalue weighted by Gasteiger charge is -2.46. The Bertz CT molecular complexity index is 784. The predicted molar refractivity (Wildman–Crippen MR) is 86.1 cm³/mol. The van der Waals surface area contributed by atoms with Crippen LogP contribution in [0.4, 0.5) is 0 Å². The largest absolute Gasteiger partial charge is 0.353 e. The molecule has 0 aliphatic carbocycles. The molecule has 2 aromatic rings. The molecule has 2 fully saturated rings. The number of aromatic nitrogens is 1. The molecule has 1 unspecified atom stereocenters. The molecule has 21 heavy (non-hydrogen) atoms. The normalized spacial score (nSPS) is 39.0. The van der Waals surface area contributed by atoms with Crippen LogP contribution in [0.1, 0.15) is 31.5 Å². The molecule has 1 aromatic heterocycles. The molecule has 4 heterocycles. The van der Waals surface area contributed by atoms with E-state index < -0.39 is 0 Å². The summed E-state index contributed by atoms with van der Waals surface area (Å²) in [6.07, 6.45) is 5.00. The van der Waals surface area contributed by atoms with Gasteiger partial charge in [0.15, 0.2) is 0 Å². The lowest BCUT2D eigenvalue weighted by Crippen LogP contribution is -2.58. The van der Waals surface area contributed by atoms with Gasteiger partial charge in [-0.15, -0.1) is 0 Å². The van der Waals surface area contributed by atoms with E-state index >= 15 is 0 Å². The molecule has 2 bridgehead atoms. The number of piperidine rings is 1. The predicted octanol–water partition coefficient (Wildman–Crippen LogP) is 3.74. The molecule has 2 nitrogen and oxygen atoms in total. The van der Waals surface area contributed by atoms with Crippen LogP contribution in [0.2, 0.25) is 0 Å². The minimum Gasteiger partial charge on any atom is -0.353 e. The summed E-state index contributed by atoms with van der Waals surface area (Å²) >= 11 is 0. The second-order valence-electron chi connectivity index (χ2n) is 7.38. The highest BCUT2D eigenvalue weighted by Gasteiger charge is 2.67. The standard InChI is InChI=1S/C19H23N2/c1-3-13-12-21-10-8-15-14-6-4-5-7-17(14)20-18(15)19(21,2)16(13)9-11-21/h3-7,16,20H,8-12H2,1-2H3/q+1/b13-3-/t16-,19+,21?/m0/s1. The number of rotatable bonds is 0. The number of nitrogens with one attached hydrogen (secondary N) is 1. The van der Waals surface area contributed by atoms with Crippen LogP contribution < -0.4 is 0 Å². The summed E-state index contributed by atoms with van der Waals surface area (Å²) in [5.74, 6) is 0.745. The number of aromatic amines is 1. The lowest BCUT2D eigenvalue weighted by molar-refractivity contribution is -0.961. The molecule has 3 aliphatic rings. The number of H-pyrrole nitrogens is 1. The van der Waals surface area contributed by atoms with Crippen LogP contribution in [0.15, 0.2) is 35.9 Å². The average molecular weight is 279 g/mol. The molecule has 0 spiro atoms. The second-order valence-corrected chi connectivity index (χ2v) is 7.38. The van der Waals surface area contributed by atoms with E-state index in [1.165, 1.54) is 47.9 Å². The third-order valence-corrected chi connectivity index (χ3v) is 6.92. The number of quaternary nitrogens is 1. The molecule has 0 amide bonds. The van der Waals surface area contributed by atoms with E-state index in [0.29, 0.717) is 0 Å². The lowest BCUT2D eigenvalue weighted by atomic mass is 9.78. The number of benzene rings is 1. The van der Waals surface area contributed by atoms with E-state index in [-0.39, 0.29) is 5.54 Å². The van der Waals surface area contributed by atoms with E-state index in [0.717, 1.165) is 5.92 Å². The fraction of sp³-hybridized carbons (Fsp3) is 0.474. The highest BCUT2D eigenvalue weighted by molar-refractivity contribution is 5.85. The number of hydrogen-bond donors (Lipinski definition) is 1. The van der Waals surface area contributed by atoms with Gasteiger partial charge in [-0.1, -0.05) is 24.3 Å². The van der Waals surface area contributed by atoms with Crippen LogP contribution in [-0.2, 0) is 12.0 Å². The maximum absolute atomic E-state index is 3.83. The molecule has 0 radical (unpaired) electrons. The van der Waals surface area contributed by atoms with Gasteiger partial charge >= 0.3 is 0 Å². The van der Waals surface area contributed by atoms with Crippen molar-refractivity contribution in [2.75, 3.05) is 19.6 Å². The minimum absolute atomic E-state index is 0.286. The van der Waals surface area contributed by atoms with Gasteiger partial charge in [0.2, 0.25) is 0 Å². The summed E-state index contributed by atoms with van der Waals surface area (Å²) in [7, 11) is 0. The zero-order chi connectivity index (χ0) is 14.2. The van der Waals surface area contributed by atoms with Crippen LogP contribution >= 0.6 is 0 Å². The minimum atomic E-state index is 0.286. The molecule has 108 valence electrons. The molecular formula is C19H23N2+. The molecule has 1 aromatic carbocycles. The molecule has 5 rings (SSSR count). The Kier molecular flexibility index (Phi) is 2.07. The topological polar surface area (TPSA) is 15.8 Å². The Hall–Kier alpha value is -1.54. The van der Waals surface area contributed by atoms with Crippen LogP contribution in [0, 0.1) is 5.92 Å². The Balaban J connectivity index is 1.83. The maximum Gasteiger partial charge on any atom is 0.144 e. The Morgan fingerprint density at radius 1 is 1.29 bits per heavy atom. The van der Waals surface area contributed by atoms with Crippen molar-refractivity contribution in [3.63, 3.8) is 0 Å². The third kappa shape index (κ3) is 1.17. The van der Waals surface area contributed by atoms with Gasteiger partial charge in [-0.3, -0.25) is 0 Å². The summed E-state index contributed by atoms with van der Waals surface area (Å²) in [6.45, 7) is 8.74. The van der Waals surface area contributed by atoms with Gasteiger partial charge in [-0.25, -0.2) is 0 Å². The summed E-state index contributed by atoms with van der Waals surface area (Å²) in [4.78, 5) is 3.83. The van der Waals surface area contributed by atoms with Gasteiger partial charge in [-0.05, 0) is 31.1 Å². The summed E-state index contributed by atoms with van der Waals surface area (Å²) in [5.41, 5.74) is 6.48. The van der Waals surface area contributed by atoms with Crippen molar-refractivity contribution in [3.8, 4) is 0 Å². The number of nitrogens with zero attached hydrogens (tertiary/aromatic N) is 1. The quantitative estimate of drug-likeness (QED) is 0.558. The van der Waals surface area contributed by atoms with Gasteiger partial charge < -0.3 is 9.47 Å². The fourth-order valence-corrected chi connectivity index (χ4v) is 5.81. The highest BCUT2D eigenvalue weighted by Crippen LogP contribution is 2.60.